The molecule has 0 aliphatic heterocycles. The lowest BCUT2D eigenvalue weighted by Crippen LogP contribution is -2.15. The van der Waals surface area contributed by atoms with Crippen molar-refractivity contribution in [1.29, 1.82) is 0 Å². The molecule has 0 spiro atoms. The van der Waals surface area contributed by atoms with Gasteiger partial charge in [0.25, 0.3) is 0 Å². The van der Waals surface area contributed by atoms with Crippen molar-refractivity contribution >= 4 is 5.82 Å². The largest absolute Gasteiger partial charge is 0.370 e. The number of hydrogen-bond acceptors (Lipinski definition) is 3. The Hall–Kier alpha value is -1.12. The van der Waals surface area contributed by atoms with Crippen molar-refractivity contribution < 1.29 is 0 Å². The van der Waals surface area contributed by atoms with Crippen LogP contribution in [0.25, 0.3) is 0 Å². The van der Waals surface area contributed by atoms with Crippen molar-refractivity contribution in [2.75, 3.05) is 11.9 Å². The summed E-state index contributed by atoms with van der Waals surface area (Å²) < 4.78 is 0. The first kappa shape index (κ1) is 12.3. The smallest absolute Gasteiger partial charge is 0.134 e. The first-order chi connectivity index (χ1) is 8.19. The SMILES string of the molecule is CCNc1cc(CC(C)C)nc(C2CCC2)n1. The summed E-state index contributed by atoms with van der Waals surface area (Å²) in [7, 11) is 0. The molecule has 3 nitrogen and oxygen atoms in total. The van der Waals surface area contributed by atoms with Gasteiger partial charge in [-0.05, 0) is 32.1 Å². The Labute approximate surface area is 104 Å². The second-order valence-corrected chi connectivity index (χ2v) is 5.36. The average Bonchev–Trinajstić information content (AvgIpc) is 2.13. The summed E-state index contributed by atoms with van der Waals surface area (Å²) in [6.45, 7) is 7.49. The van der Waals surface area contributed by atoms with Crippen molar-refractivity contribution in [3.63, 3.8) is 0 Å². The normalized spacial score (nSPS) is 16.0. The summed E-state index contributed by atoms with van der Waals surface area (Å²) in [6.07, 6.45) is 4.90. The zero-order chi connectivity index (χ0) is 12.3. The highest BCUT2D eigenvalue weighted by molar-refractivity contribution is 5.36. The van der Waals surface area contributed by atoms with Crippen molar-refractivity contribution in [1.82, 2.24) is 9.97 Å². The molecule has 0 unspecified atom stereocenters. The topological polar surface area (TPSA) is 37.8 Å². The predicted octanol–water partition coefficient (Wildman–Crippen LogP) is 3.37. The average molecular weight is 233 g/mol. The molecule has 17 heavy (non-hydrogen) atoms. The van der Waals surface area contributed by atoms with E-state index < -0.39 is 0 Å². The van der Waals surface area contributed by atoms with Crippen LogP contribution in [0.4, 0.5) is 5.82 Å². The Kier molecular flexibility index (Phi) is 3.97. The monoisotopic (exact) mass is 233 g/mol. The van der Waals surface area contributed by atoms with Gasteiger partial charge in [-0.25, -0.2) is 9.97 Å². The van der Waals surface area contributed by atoms with Gasteiger partial charge in [0, 0.05) is 24.2 Å². The van der Waals surface area contributed by atoms with Crippen molar-refractivity contribution in [2.24, 2.45) is 5.92 Å². The third kappa shape index (κ3) is 3.18. The summed E-state index contributed by atoms with van der Waals surface area (Å²) in [4.78, 5) is 9.36. The first-order valence-corrected chi connectivity index (χ1v) is 6.80. The number of aromatic nitrogens is 2. The molecule has 0 bridgehead atoms. The Morgan fingerprint density at radius 1 is 1.35 bits per heavy atom. The van der Waals surface area contributed by atoms with Crippen molar-refractivity contribution in [2.45, 2.75) is 52.4 Å². The Morgan fingerprint density at radius 2 is 2.12 bits per heavy atom. The zero-order valence-electron chi connectivity index (χ0n) is 11.2. The maximum absolute atomic E-state index is 4.73. The van der Waals surface area contributed by atoms with Gasteiger partial charge >= 0.3 is 0 Å². The lowest BCUT2D eigenvalue weighted by Gasteiger charge is -2.24. The fourth-order valence-electron chi connectivity index (χ4n) is 2.16. The lowest BCUT2D eigenvalue weighted by atomic mass is 9.85. The standard InChI is InChI=1S/C14H23N3/c1-4-15-13-9-12(8-10(2)3)16-14(17-13)11-6-5-7-11/h9-11H,4-8H2,1-3H3,(H,15,16,17). The van der Waals surface area contributed by atoms with Gasteiger partial charge in [-0.2, -0.15) is 0 Å². The fourth-order valence-corrected chi connectivity index (χ4v) is 2.16. The minimum Gasteiger partial charge on any atom is -0.370 e. The van der Waals surface area contributed by atoms with E-state index in [0.717, 1.165) is 24.6 Å². The van der Waals surface area contributed by atoms with Gasteiger partial charge in [0.15, 0.2) is 0 Å². The molecule has 1 aliphatic rings. The molecule has 3 heteroatoms. The zero-order valence-corrected chi connectivity index (χ0v) is 11.2. The fraction of sp³-hybridized carbons (Fsp3) is 0.714. The number of anilines is 1. The molecule has 1 aromatic rings. The van der Waals surface area contributed by atoms with Crippen LogP contribution >= 0.6 is 0 Å². The third-order valence-corrected chi connectivity index (χ3v) is 3.24. The number of rotatable bonds is 5. The van der Waals surface area contributed by atoms with Crippen LogP contribution in [0.5, 0.6) is 0 Å². The predicted molar refractivity (Wildman–Crippen MR) is 71.3 cm³/mol. The maximum Gasteiger partial charge on any atom is 0.134 e. The second-order valence-electron chi connectivity index (χ2n) is 5.36. The maximum atomic E-state index is 4.73. The van der Waals surface area contributed by atoms with Gasteiger partial charge in [0.1, 0.15) is 11.6 Å². The van der Waals surface area contributed by atoms with E-state index in [1.807, 2.05) is 0 Å². The molecule has 1 heterocycles. The molecule has 1 aromatic heterocycles. The van der Waals surface area contributed by atoms with Gasteiger partial charge in [-0.3, -0.25) is 0 Å². The molecule has 1 aliphatic carbocycles. The summed E-state index contributed by atoms with van der Waals surface area (Å²) in [5, 5.41) is 3.31. The highest BCUT2D eigenvalue weighted by Crippen LogP contribution is 2.34. The van der Waals surface area contributed by atoms with E-state index in [4.69, 9.17) is 4.98 Å². The van der Waals surface area contributed by atoms with Crippen LogP contribution < -0.4 is 5.32 Å². The molecule has 0 saturated heterocycles. The minimum absolute atomic E-state index is 0.611. The Balaban J connectivity index is 2.21. The van der Waals surface area contributed by atoms with Crippen LogP contribution in [0.1, 0.15) is 57.5 Å². The molecule has 0 radical (unpaired) electrons. The summed E-state index contributed by atoms with van der Waals surface area (Å²) in [5.74, 6) is 3.32. The van der Waals surface area contributed by atoms with Crippen LogP contribution in [-0.2, 0) is 6.42 Å². The van der Waals surface area contributed by atoms with E-state index in [-0.39, 0.29) is 0 Å². The molecule has 0 amide bonds. The summed E-state index contributed by atoms with van der Waals surface area (Å²) >= 11 is 0. The number of nitrogens with zero attached hydrogens (tertiary/aromatic N) is 2. The molecule has 0 aromatic carbocycles. The van der Waals surface area contributed by atoms with Crippen LogP contribution in [0.3, 0.4) is 0 Å². The van der Waals surface area contributed by atoms with Crippen LogP contribution in [-0.4, -0.2) is 16.5 Å². The molecule has 1 fully saturated rings. The number of nitrogens with one attached hydrogen (secondary N) is 1. The molecule has 1 N–H and O–H groups in total. The van der Waals surface area contributed by atoms with Gasteiger partial charge in [0.05, 0.1) is 0 Å². The molecule has 0 atom stereocenters. The van der Waals surface area contributed by atoms with Crippen LogP contribution in [0.15, 0.2) is 6.07 Å². The summed E-state index contributed by atoms with van der Waals surface area (Å²) in [6, 6.07) is 2.10. The second kappa shape index (κ2) is 5.48. The van der Waals surface area contributed by atoms with Crippen molar-refractivity contribution in [3.05, 3.63) is 17.6 Å². The minimum atomic E-state index is 0.611. The Morgan fingerprint density at radius 3 is 2.65 bits per heavy atom. The van der Waals surface area contributed by atoms with Crippen LogP contribution in [0, 0.1) is 5.92 Å². The lowest BCUT2D eigenvalue weighted by molar-refractivity contribution is 0.400. The van der Waals surface area contributed by atoms with E-state index in [9.17, 15) is 0 Å². The van der Waals surface area contributed by atoms with E-state index in [1.165, 1.54) is 25.0 Å². The van der Waals surface area contributed by atoms with Gasteiger partial charge in [0.2, 0.25) is 0 Å². The van der Waals surface area contributed by atoms with Crippen molar-refractivity contribution in [3.8, 4) is 0 Å². The molecular weight excluding hydrogens is 210 g/mol. The van der Waals surface area contributed by atoms with E-state index in [0.29, 0.717) is 11.8 Å². The molecule has 2 rings (SSSR count). The Bertz CT molecular complexity index is 370. The highest BCUT2D eigenvalue weighted by Gasteiger charge is 2.23. The van der Waals surface area contributed by atoms with Gasteiger partial charge < -0.3 is 5.32 Å². The molecule has 1 saturated carbocycles. The van der Waals surface area contributed by atoms with Gasteiger partial charge in [-0.1, -0.05) is 20.3 Å². The quantitative estimate of drug-likeness (QED) is 0.847. The highest BCUT2D eigenvalue weighted by atomic mass is 15.0. The number of hydrogen-bond donors (Lipinski definition) is 1. The first-order valence-electron chi connectivity index (χ1n) is 6.80. The van der Waals surface area contributed by atoms with E-state index in [2.05, 4.69) is 37.1 Å². The molecule has 94 valence electrons. The summed E-state index contributed by atoms with van der Waals surface area (Å²) in [5.41, 5.74) is 1.19. The third-order valence-electron chi connectivity index (χ3n) is 3.24. The van der Waals surface area contributed by atoms with E-state index >= 15 is 0 Å². The van der Waals surface area contributed by atoms with Gasteiger partial charge in [-0.15, -0.1) is 0 Å². The van der Waals surface area contributed by atoms with Crippen LogP contribution in [0.2, 0.25) is 0 Å². The van der Waals surface area contributed by atoms with E-state index in [1.54, 1.807) is 0 Å². The molecular formula is C14H23N3.